The summed E-state index contributed by atoms with van der Waals surface area (Å²) in [4.78, 5) is 10.6. The number of carboxylic acid groups (broad SMARTS) is 1. The summed E-state index contributed by atoms with van der Waals surface area (Å²) in [5.74, 6) is -0.139. The molecule has 0 aliphatic heterocycles. The molecule has 0 amide bonds. The lowest BCUT2D eigenvalue weighted by atomic mass is 10.1. The summed E-state index contributed by atoms with van der Waals surface area (Å²) in [6, 6.07) is 5.69. The van der Waals surface area contributed by atoms with Crippen LogP contribution in [0.5, 0.6) is 5.75 Å². The molecule has 1 N–H and O–H groups in total. The van der Waals surface area contributed by atoms with E-state index in [0.717, 1.165) is 17.5 Å². The molecule has 15 heavy (non-hydrogen) atoms. The average molecular weight is 208 g/mol. The van der Waals surface area contributed by atoms with Crippen molar-refractivity contribution in [2.24, 2.45) is 0 Å². The van der Waals surface area contributed by atoms with Crippen molar-refractivity contribution in [2.75, 3.05) is 6.61 Å². The van der Waals surface area contributed by atoms with Gasteiger partial charge in [0.1, 0.15) is 5.75 Å². The van der Waals surface area contributed by atoms with Gasteiger partial charge in [0.15, 0.2) is 0 Å². The van der Waals surface area contributed by atoms with E-state index in [1.54, 1.807) is 0 Å². The Bertz CT molecular complexity index is 345. The van der Waals surface area contributed by atoms with Gasteiger partial charge in [-0.15, -0.1) is 0 Å². The van der Waals surface area contributed by atoms with Gasteiger partial charge in [-0.25, -0.2) is 0 Å². The van der Waals surface area contributed by atoms with E-state index < -0.39 is 5.97 Å². The molecule has 1 aromatic carbocycles. The second kappa shape index (κ2) is 5.39. The summed E-state index contributed by atoms with van der Waals surface area (Å²) in [7, 11) is 0. The second-order valence-electron chi connectivity index (χ2n) is 3.30. The zero-order valence-electron chi connectivity index (χ0n) is 9.12. The van der Waals surface area contributed by atoms with Crippen LogP contribution in [0.4, 0.5) is 0 Å². The molecule has 0 bridgehead atoms. The van der Waals surface area contributed by atoms with E-state index in [9.17, 15) is 4.79 Å². The molecule has 1 rings (SSSR count). The number of hydrogen-bond donors (Lipinski definition) is 1. The van der Waals surface area contributed by atoms with Gasteiger partial charge in [-0.2, -0.15) is 0 Å². The third-order valence-corrected chi connectivity index (χ3v) is 2.18. The van der Waals surface area contributed by atoms with Crippen molar-refractivity contribution in [1.29, 1.82) is 0 Å². The van der Waals surface area contributed by atoms with Crippen LogP contribution >= 0.6 is 0 Å². The van der Waals surface area contributed by atoms with Gasteiger partial charge in [-0.3, -0.25) is 4.79 Å². The first-order valence-electron chi connectivity index (χ1n) is 5.13. The van der Waals surface area contributed by atoms with Crippen molar-refractivity contribution in [1.82, 2.24) is 0 Å². The molecule has 0 spiro atoms. The van der Waals surface area contributed by atoms with Gasteiger partial charge < -0.3 is 9.84 Å². The van der Waals surface area contributed by atoms with Crippen LogP contribution in [-0.4, -0.2) is 17.7 Å². The van der Waals surface area contributed by atoms with Crippen molar-refractivity contribution in [3.63, 3.8) is 0 Å². The second-order valence-corrected chi connectivity index (χ2v) is 3.30. The standard InChI is InChI=1S/C12H16O3/c1-3-9-5-6-10(8-12(13)14)11(7-9)15-4-2/h5-7H,3-4,8H2,1-2H3,(H,13,14). The Kier molecular flexibility index (Phi) is 4.16. The molecule has 0 atom stereocenters. The molecule has 3 nitrogen and oxygen atoms in total. The van der Waals surface area contributed by atoms with Gasteiger partial charge in [0.2, 0.25) is 0 Å². The summed E-state index contributed by atoms with van der Waals surface area (Å²) in [5.41, 5.74) is 1.90. The van der Waals surface area contributed by atoms with Crippen LogP contribution < -0.4 is 4.74 Å². The quantitative estimate of drug-likeness (QED) is 0.807. The van der Waals surface area contributed by atoms with Gasteiger partial charge in [0.25, 0.3) is 0 Å². The maximum absolute atomic E-state index is 10.6. The van der Waals surface area contributed by atoms with E-state index in [0.29, 0.717) is 12.4 Å². The predicted molar refractivity (Wildman–Crippen MR) is 58.3 cm³/mol. The molecule has 0 saturated heterocycles. The molecule has 0 aliphatic carbocycles. The highest BCUT2D eigenvalue weighted by atomic mass is 16.5. The smallest absolute Gasteiger partial charge is 0.307 e. The van der Waals surface area contributed by atoms with E-state index >= 15 is 0 Å². The Labute approximate surface area is 89.7 Å². The summed E-state index contributed by atoms with van der Waals surface area (Å²) in [6.07, 6.45) is 0.937. The lowest BCUT2D eigenvalue weighted by Gasteiger charge is -2.10. The number of carbonyl (C=O) groups is 1. The van der Waals surface area contributed by atoms with Crippen LogP contribution in [0.25, 0.3) is 0 Å². The van der Waals surface area contributed by atoms with Crippen LogP contribution in [-0.2, 0) is 17.6 Å². The molecule has 0 aliphatic rings. The van der Waals surface area contributed by atoms with Crippen molar-refractivity contribution in [3.8, 4) is 5.75 Å². The third-order valence-electron chi connectivity index (χ3n) is 2.18. The largest absolute Gasteiger partial charge is 0.494 e. The normalized spacial score (nSPS) is 10.0. The molecule has 0 saturated carbocycles. The van der Waals surface area contributed by atoms with Crippen LogP contribution in [0.3, 0.4) is 0 Å². The van der Waals surface area contributed by atoms with Crippen molar-refractivity contribution < 1.29 is 14.6 Å². The maximum Gasteiger partial charge on any atom is 0.307 e. The lowest BCUT2D eigenvalue weighted by Crippen LogP contribution is -2.04. The topological polar surface area (TPSA) is 46.5 Å². The fourth-order valence-electron chi connectivity index (χ4n) is 1.42. The number of hydrogen-bond acceptors (Lipinski definition) is 2. The minimum absolute atomic E-state index is 0.0132. The number of aryl methyl sites for hydroxylation is 1. The summed E-state index contributed by atoms with van der Waals surface area (Å²) >= 11 is 0. The summed E-state index contributed by atoms with van der Waals surface area (Å²) < 4.78 is 5.42. The number of ether oxygens (including phenoxy) is 1. The molecule has 0 heterocycles. The van der Waals surface area contributed by atoms with E-state index in [-0.39, 0.29) is 6.42 Å². The van der Waals surface area contributed by atoms with Crippen molar-refractivity contribution in [2.45, 2.75) is 26.7 Å². The fraction of sp³-hybridized carbons (Fsp3) is 0.417. The van der Waals surface area contributed by atoms with E-state index in [4.69, 9.17) is 9.84 Å². The number of aliphatic carboxylic acids is 1. The molecule has 0 unspecified atom stereocenters. The van der Waals surface area contributed by atoms with Crippen LogP contribution in [0.2, 0.25) is 0 Å². The van der Waals surface area contributed by atoms with E-state index in [2.05, 4.69) is 6.92 Å². The minimum atomic E-state index is -0.833. The third kappa shape index (κ3) is 3.27. The maximum atomic E-state index is 10.6. The van der Waals surface area contributed by atoms with Crippen LogP contribution in [0.15, 0.2) is 18.2 Å². The van der Waals surface area contributed by atoms with Gasteiger partial charge in [0.05, 0.1) is 13.0 Å². The van der Waals surface area contributed by atoms with Gasteiger partial charge >= 0.3 is 5.97 Å². The highest BCUT2D eigenvalue weighted by Crippen LogP contribution is 2.21. The van der Waals surface area contributed by atoms with Gasteiger partial charge in [0, 0.05) is 5.56 Å². The zero-order valence-corrected chi connectivity index (χ0v) is 9.12. The average Bonchev–Trinajstić information content (AvgIpc) is 2.20. The first-order valence-corrected chi connectivity index (χ1v) is 5.13. The zero-order chi connectivity index (χ0) is 11.3. The molecule has 0 radical (unpaired) electrons. The number of benzene rings is 1. The van der Waals surface area contributed by atoms with Gasteiger partial charge in [-0.05, 0) is 25.0 Å². The van der Waals surface area contributed by atoms with Crippen molar-refractivity contribution in [3.05, 3.63) is 29.3 Å². The Morgan fingerprint density at radius 1 is 1.40 bits per heavy atom. The molecular weight excluding hydrogens is 192 g/mol. The van der Waals surface area contributed by atoms with E-state index in [1.165, 1.54) is 0 Å². The molecule has 0 fully saturated rings. The fourth-order valence-corrected chi connectivity index (χ4v) is 1.42. The monoisotopic (exact) mass is 208 g/mol. The Hall–Kier alpha value is -1.51. The molecule has 3 heteroatoms. The lowest BCUT2D eigenvalue weighted by molar-refractivity contribution is -0.136. The molecular formula is C12H16O3. The first kappa shape index (κ1) is 11.6. The highest BCUT2D eigenvalue weighted by molar-refractivity contribution is 5.71. The molecule has 1 aromatic rings. The Balaban J connectivity index is 2.97. The van der Waals surface area contributed by atoms with Crippen molar-refractivity contribution >= 4 is 5.97 Å². The number of carboxylic acids is 1. The first-order chi connectivity index (χ1) is 7.17. The van der Waals surface area contributed by atoms with Crippen LogP contribution in [0, 0.1) is 0 Å². The van der Waals surface area contributed by atoms with E-state index in [1.807, 2.05) is 25.1 Å². The Morgan fingerprint density at radius 3 is 2.67 bits per heavy atom. The Morgan fingerprint density at radius 2 is 2.13 bits per heavy atom. The number of rotatable bonds is 5. The van der Waals surface area contributed by atoms with Gasteiger partial charge in [-0.1, -0.05) is 19.1 Å². The summed E-state index contributed by atoms with van der Waals surface area (Å²) in [5, 5.41) is 8.73. The highest BCUT2D eigenvalue weighted by Gasteiger charge is 2.08. The molecule has 0 aromatic heterocycles. The predicted octanol–water partition coefficient (Wildman–Crippen LogP) is 2.27. The minimum Gasteiger partial charge on any atom is -0.494 e. The molecule has 82 valence electrons. The summed E-state index contributed by atoms with van der Waals surface area (Å²) in [6.45, 7) is 4.50. The van der Waals surface area contributed by atoms with Crippen LogP contribution in [0.1, 0.15) is 25.0 Å². The SMILES string of the molecule is CCOc1cc(CC)ccc1CC(=O)O.